The van der Waals surface area contributed by atoms with Crippen LogP contribution in [0.25, 0.3) is 16.6 Å². The lowest BCUT2D eigenvalue weighted by atomic mass is 10.2. The quantitative estimate of drug-likeness (QED) is 0.533. The molecule has 2 aromatic heterocycles. The first kappa shape index (κ1) is 17.4. The molecule has 0 radical (unpaired) electrons. The minimum Gasteiger partial charge on any atom is -0.338 e. The van der Waals surface area contributed by atoms with Gasteiger partial charge in [-0.15, -0.1) is 5.10 Å². The normalized spacial score (nSPS) is 15.6. The minimum absolute atomic E-state index is 0.765. The van der Waals surface area contributed by atoms with E-state index in [4.69, 9.17) is 16.6 Å². The predicted molar refractivity (Wildman–Crippen MR) is 112 cm³/mol. The predicted octanol–water partition coefficient (Wildman–Crippen LogP) is 3.56. The van der Waals surface area contributed by atoms with Crippen molar-refractivity contribution < 1.29 is 0 Å². The number of piperazine rings is 1. The summed E-state index contributed by atoms with van der Waals surface area (Å²) >= 11 is 5.99. The molecule has 0 bridgehead atoms. The smallest absolute Gasteiger partial charge is 0.229 e. The van der Waals surface area contributed by atoms with Crippen LogP contribution in [0, 0.1) is 6.92 Å². The topological polar surface area (TPSA) is 49.6 Å². The number of hydrogen-bond donors (Lipinski definition) is 0. The lowest BCUT2D eigenvalue weighted by Gasteiger charge is -2.35. The Kier molecular flexibility index (Phi) is 4.37. The van der Waals surface area contributed by atoms with Gasteiger partial charge in [-0.1, -0.05) is 35.9 Å². The Morgan fingerprint density at radius 2 is 1.68 bits per heavy atom. The first-order valence-corrected chi connectivity index (χ1v) is 9.89. The molecule has 0 spiro atoms. The van der Waals surface area contributed by atoms with E-state index in [0.29, 0.717) is 0 Å². The highest BCUT2D eigenvalue weighted by atomic mass is 35.5. The standard InChI is InChI=1S/C21H21ClN6/c1-15-23-20-18-4-2-3-5-19(18)24-21(28(20)25-15)27-12-10-26(11-13-27)14-16-6-8-17(22)9-7-16/h2-9H,10-14H2,1H3. The lowest BCUT2D eigenvalue weighted by Crippen LogP contribution is -2.46. The molecule has 1 fully saturated rings. The second-order valence-electron chi connectivity index (χ2n) is 7.21. The molecular formula is C21H21ClN6. The van der Waals surface area contributed by atoms with Gasteiger partial charge in [0.15, 0.2) is 5.65 Å². The molecule has 2 aromatic carbocycles. The van der Waals surface area contributed by atoms with Crippen molar-refractivity contribution in [3.8, 4) is 0 Å². The van der Waals surface area contributed by atoms with Crippen molar-refractivity contribution in [3.63, 3.8) is 0 Å². The number of anilines is 1. The van der Waals surface area contributed by atoms with Gasteiger partial charge in [0.05, 0.1) is 5.52 Å². The van der Waals surface area contributed by atoms with Gasteiger partial charge in [-0.2, -0.15) is 4.52 Å². The monoisotopic (exact) mass is 392 g/mol. The molecule has 0 aliphatic carbocycles. The summed E-state index contributed by atoms with van der Waals surface area (Å²) in [6, 6.07) is 16.2. The number of para-hydroxylation sites is 1. The second kappa shape index (κ2) is 7.04. The van der Waals surface area contributed by atoms with Crippen LogP contribution in [-0.2, 0) is 6.54 Å². The van der Waals surface area contributed by atoms with Gasteiger partial charge < -0.3 is 4.90 Å². The summed E-state index contributed by atoms with van der Waals surface area (Å²) in [4.78, 5) is 14.3. The number of fused-ring (bicyclic) bond motifs is 3. The first-order chi connectivity index (χ1) is 13.7. The zero-order valence-corrected chi connectivity index (χ0v) is 16.5. The molecule has 3 heterocycles. The van der Waals surface area contributed by atoms with E-state index in [1.807, 2.05) is 41.8 Å². The van der Waals surface area contributed by atoms with Gasteiger partial charge in [-0.05, 0) is 36.8 Å². The zero-order chi connectivity index (χ0) is 19.1. The number of aryl methyl sites for hydroxylation is 1. The van der Waals surface area contributed by atoms with E-state index >= 15 is 0 Å². The maximum atomic E-state index is 5.99. The summed E-state index contributed by atoms with van der Waals surface area (Å²) in [5.41, 5.74) is 3.12. The van der Waals surface area contributed by atoms with Crippen LogP contribution in [-0.4, -0.2) is 50.7 Å². The fourth-order valence-corrected chi connectivity index (χ4v) is 3.93. The molecule has 6 nitrogen and oxygen atoms in total. The van der Waals surface area contributed by atoms with E-state index in [0.717, 1.165) is 66.1 Å². The van der Waals surface area contributed by atoms with Gasteiger partial charge in [0.1, 0.15) is 5.82 Å². The number of halogens is 1. The SMILES string of the molecule is Cc1nc2c3ccccc3nc(N3CCN(Cc4ccc(Cl)cc4)CC3)n2n1. The highest BCUT2D eigenvalue weighted by Gasteiger charge is 2.22. The van der Waals surface area contributed by atoms with E-state index in [-0.39, 0.29) is 0 Å². The Hall–Kier alpha value is -2.70. The molecule has 0 atom stereocenters. The minimum atomic E-state index is 0.765. The Bertz CT molecular complexity index is 1130. The number of aromatic nitrogens is 4. The fraction of sp³-hybridized carbons (Fsp3) is 0.286. The number of nitrogens with zero attached hydrogens (tertiary/aromatic N) is 6. The maximum Gasteiger partial charge on any atom is 0.229 e. The summed E-state index contributed by atoms with van der Waals surface area (Å²) in [7, 11) is 0. The summed E-state index contributed by atoms with van der Waals surface area (Å²) in [5, 5.41) is 6.42. The maximum absolute atomic E-state index is 5.99. The largest absolute Gasteiger partial charge is 0.338 e. The van der Waals surface area contributed by atoms with Crippen LogP contribution in [0.3, 0.4) is 0 Å². The van der Waals surface area contributed by atoms with Crippen LogP contribution in [0.15, 0.2) is 48.5 Å². The van der Waals surface area contributed by atoms with E-state index in [9.17, 15) is 0 Å². The third kappa shape index (κ3) is 3.19. The zero-order valence-electron chi connectivity index (χ0n) is 15.7. The van der Waals surface area contributed by atoms with Gasteiger partial charge in [0.25, 0.3) is 0 Å². The molecule has 0 amide bonds. The van der Waals surface area contributed by atoms with Gasteiger partial charge in [-0.3, -0.25) is 4.90 Å². The average molecular weight is 393 g/mol. The van der Waals surface area contributed by atoms with Crippen molar-refractivity contribution >= 4 is 34.1 Å². The molecule has 4 aromatic rings. The second-order valence-corrected chi connectivity index (χ2v) is 7.65. The van der Waals surface area contributed by atoms with Gasteiger partial charge in [-0.25, -0.2) is 9.97 Å². The molecule has 0 N–H and O–H groups in total. The molecule has 1 aliphatic heterocycles. The molecular weight excluding hydrogens is 372 g/mol. The van der Waals surface area contributed by atoms with Gasteiger partial charge >= 0.3 is 0 Å². The Morgan fingerprint density at radius 3 is 2.46 bits per heavy atom. The Balaban J connectivity index is 1.40. The number of rotatable bonds is 3. The van der Waals surface area contributed by atoms with Crippen LogP contribution < -0.4 is 4.90 Å². The van der Waals surface area contributed by atoms with E-state index in [1.54, 1.807) is 0 Å². The summed E-state index contributed by atoms with van der Waals surface area (Å²) in [5.74, 6) is 1.64. The third-order valence-electron chi connectivity index (χ3n) is 5.24. The molecule has 1 aliphatic rings. The first-order valence-electron chi connectivity index (χ1n) is 9.51. The highest BCUT2D eigenvalue weighted by Crippen LogP contribution is 2.24. The van der Waals surface area contributed by atoms with Crippen LogP contribution in [0.1, 0.15) is 11.4 Å². The van der Waals surface area contributed by atoms with Crippen LogP contribution in [0.2, 0.25) is 5.02 Å². The highest BCUT2D eigenvalue weighted by molar-refractivity contribution is 6.30. The number of hydrogen-bond acceptors (Lipinski definition) is 5. The van der Waals surface area contributed by atoms with Gasteiger partial charge in [0, 0.05) is 43.1 Å². The molecule has 7 heteroatoms. The van der Waals surface area contributed by atoms with Crippen LogP contribution in [0.4, 0.5) is 5.95 Å². The van der Waals surface area contributed by atoms with Crippen molar-refractivity contribution in [2.75, 3.05) is 31.1 Å². The fourth-order valence-electron chi connectivity index (χ4n) is 3.80. The van der Waals surface area contributed by atoms with E-state index in [1.165, 1.54) is 5.56 Å². The van der Waals surface area contributed by atoms with Crippen molar-refractivity contribution in [2.24, 2.45) is 0 Å². The molecule has 28 heavy (non-hydrogen) atoms. The molecule has 5 rings (SSSR count). The molecule has 142 valence electrons. The van der Waals surface area contributed by atoms with Crippen molar-refractivity contribution in [3.05, 3.63) is 64.9 Å². The van der Waals surface area contributed by atoms with Crippen molar-refractivity contribution in [1.82, 2.24) is 24.5 Å². The van der Waals surface area contributed by atoms with Crippen LogP contribution >= 0.6 is 11.6 Å². The average Bonchev–Trinajstić information content (AvgIpc) is 3.11. The van der Waals surface area contributed by atoms with Crippen molar-refractivity contribution in [2.45, 2.75) is 13.5 Å². The third-order valence-corrected chi connectivity index (χ3v) is 5.49. The Morgan fingerprint density at radius 1 is 0.929 bits per heavy atom. The Labute approximate surface area is 168 Å². The summed E-state index contributed by atoms with van der Waals surface area (Å²) in [6.07, 6.45) is 0. The van der Waals surface area contributed by atoms with Crippen molar-refractivity contribution in [1.29, 1.82) is 0 Å². The number of benzene rings is 2. The molecule has 0 unspecified atom stereocenters. The summed E-state index contributed by atoms with van der Waals surface area (Å²) in [6.45, 7) is 6.64. The lowest BCUT2D eigenvalue weighted by molar-refractivity contribution is 0.248. The molecule has 0 saturated carbocycles. The van der Waals surface area contributed by atoms with Crippen LogP contribution in [0.5, 0.6) is 0 Å². The van der Waals surface area contributed by atoms with E-state index < -0.39 is 0 Å². The molecule has 1 saturated heterocycles. The van der Waals surface area contributed by atoms with E-state index in [2.05, 4.69) is 38.1 Å². The van der Waals surface area contributed by atoms with Gasteiger partial charge in [0.2, 0.25) is 5.95 Å². The summed E-state index contributed by atoms with van der Waals surface area (Å²) < 4.78 is 1.90.